The van der Waals surface area contributed by atoms with Crippen LogP contribution in [-0.4, -0.2) is 33.2 Å². The van der Waals surface area contributed by atoms with Crippen molar-refractivity contribution in [2.45, 2.75) is 39.3 Å². The van der Waals surface area contributed by atoms with Gasteiger partial charge in [0.2, 0.25) is 5.91 Å². The molecule has 0 bridgehead atoms. The minimum atomic E-state index is -0.715. The van der Waals surface area contributed by atoms with E-state index in [1.165, 1.54) is 6.33 Å². The Labute approximate surface area is 111 Å². The maximum absolute atomic E-state index is 12.1. The predicted octanol–water partition coefficient (Wildman–Crippen LogP) is 0.0649. The second-order valence-corrected chi connectivity index (χ2v) is 4.47. The second kappa shape index (κ2) is 6.72. The van der Waals surface area contributed by atoms with Crippen LogP contribution in [0, 0.1) is 5.92 Å². The third kappa shape index (κ3) is 4.23. The molecule has 0 aliphatic carbocycles. The summed E-state index contributed by atoms with van der Waals surface area (Å²) in [7, 11) is 0. The number of carbonyl (C=O) groups is 2. The summed E-state index contributed by atoms with van der Waals surface area (Å²) in [5, 5.41) is 11.6. The van der Waals surface area contributed by atoms with Crippen LogP contribution in [0.25, 0.3) is 0 Å². The van der Waals surface area contributed by atoms with Crippen LogP contribution in [0.1, 0.15) is 39.1 Å². The molecular weight excluding hydrogens is 248 g/mol. The van der Waals surface area contributed by atoms with Crippen molar-refractivity contribution in [3.05, 3.63) is 12.2 Å². The molecular formula is C11H20N6O2. The highest BCUT2D eigenvalue weighted by Gasteiger charge is 2.26. The largest absolute Gasteiger partial charge is 0.352 e. The molecule has 3 unspecified atom stereocenters. The number of H-pyrrole nitrogens is 1. The molecule has 0 saturated heterocycles. The van der Waals surface area contributed by atoms with Crippen LogP contribution in [0.2, 0.25) is 0 Å². The van der Waals surface area contributed by atoms with Crippen molar-refractivity contribution >= 4 is 11.9 Å². The highest BCUT2D eigenvalue weighted by atomic mass is 16.2. The molecule has 3 atom stereocenters. The van der Waals surface area contributed by atoms with Gasteiger partial charge in [-0.05, 0) is 12.8 Å². The fourth-order valence-electron chi connectivity index (χ4n) is 1.65. The fourth-order valence-corrected chi connectivity index (χ4v) is 1.65. The van der Waals surface area contributed by atoms with E-state index in [1.54, 1.807) is 6.92 Å². The Balaban J connectivity index is 2.68. The normalized spacial score (nSPS) is 15.3. The van der Waals surface area contributed by atoms with Gasteiger partial charge in [0, 0.05) is 0 Å². The second-order valence-electron chi connectivity index (χ2n) is 4.47. The molecule has 0 aromatic carbocycles. The van der Waals surface area contributed by atoms with E-state index >= 15 is 0 Å². The Hall–Kier alpha value is -2.12. The average Bonchev–Trinajstić information content (AvgIpc) is 2.88. The topological polar surface area (TPSA) is 126 Å². The van der Waals surface area contributed by atoms with Gasteiger partial charge in [-0.15, -0.1) is 0 Å². The molecule has 0 aliphatic heterocycles. The Morgan fingerprint density at radius 3 is 2.58 bits per heavy atom. The summed E-state index contributed by atoms with van der Waals surface area (Å²) >= 11 is 0. The monoisotopic (exact) mass is 268 g/mol. The Bertz CT molecular complexity index is 419. The molecule has 0 radical (unpaired) electrons. The molecule has 106 valence electrons. The fraction of sp³-hybridized carbons (Fsp3) is 0.636. The summed E-state index contributed by atoms with van der Waals surface area (Å²) < 4.78 is 0. The highest BCUT2D eigenvalue weighted by Crippen LogP contribution is 2.10. The van der Waals surface area contributed by atoms with Gasteiger partial charge < -0.3 is 16.4 Å². The van der Waals surface area contributed by atoms with Crippen LogP contribution < -0.4 is 16.4 Å². The third-order valence-corrected chi connectivity index (χ3v) is 3.00. The molecule has 8 nitrogen and oxygen atoms in total. The van der Waals surface area contributed by atoms with E-state index in [1.807, 2.05) is 13.8 Å². The summed E-state index contributed by atoms with van der Waals surface area (Å²) in [6.07, 6.45) is 2.11. The Kier molecular flexibility index (Phi) is 5.28. The van der Waals surface area contributed by atoms with E-state index in [2.05, 4.69) is 25.8 Å². The van der Waals surface area contributed by atoms with E-state index in [0.29, 0.717) is 5.82 Å². The molecule has 0 spiro atoms. The highest BCUT2D eigenvalue weighted by molar-refractivity contribution is 5.86. The maximum atomic E-state index is 12.1. The number of primary amides is 1. The standard InChI is InChI=1S/C11H20N6O2/c1-4-6(2)8(16-11(12)19)10(18)15-7(3)9-13-5-14-17-9/h5-8H,4H2,1-3H3,(H,15,18)(H3,12,16,19)(H,13,14,17). The predicted molar refractivity (Wildman–Crippen MR) is 68.9 cm³/mol. The van der Waals surface area contributed by atoms with E-state index in [-0.39, 0.29) is 17.9 Å². The summed E-state index contributed by atoms with van der Waals surface area (Å²) in [6.45, 7) is 5.59. The Morgan fingerprint density at radius 2 is 2.11 bits per heavy atom. The number of urea groups is 1. The third-order valence-electron chi connectivity index (χ3n) is 3.00. The van der Waals surface area contributed by atoms with Gasteiger partial charge in [0.15, 0.2) is 0 Å². The lowest BCUT2D eigenvalue weighted by Crippen LogP contribution is -2.52. The lowest BCUT2D eigenvalue weighted by Gasteiger charge is -2.24. The number of carbonyl (C=O) groups excluding carboxylic acids is 2. The van der Waals surface area contributed by atoms with Gasteiger partial charge in [-0.2, -0.15) is 5.10 Å². The first kappa shape index (κ1) is 14.9. The molecule has 1 aromatic rings. The lowest BCUT2D eigenvalue weighted by molar-refractivity contribution is -0.124. The molecule has 0 saturated carbocycles. The van der Waals surface area contributed by atoms with Crippen molar-refractivity contribution in [1.82, 2.24) is 25.8 Å². The summed E-state index contributed by atoms with van der Waals surface area (Å²) in [4.78, 5) is 27.1. The number of hydrogen-bond acceptors (Lipinski definition) is 4. The van der Waals surface area contributed by atoms with Crippen LogP contribution in [0.3, 0.4) is 0 Å². The van der Waals surface area contributed by atoms with Crippen LogP contribution in [-0.2, 0) is 4.79 Å². The van der Waals surface area contributed by atoms with Crippen molar-refractivity contribution in [1.29, 1.82) is 0 Å². The lowest BCUT2D eigenvalue weighted by atomic mass is 9.98. The van der Waals surface area contributed by atoms with E-state index in [0.717, 1.165) is 6.42 Å². The van der Waals surface area contributed by atoms with Crippen LogP contribution in [0.5, 0.6) is 0 Å². The first-order chi connectivity index (χ1) is 8.95. The number of nitrogens with one attached hydrogen (secondary N) is 3. The van der Waals surface area contributed by atoms with Crippen LogP contribution in [0.4, 0.5) is 4.79 Å². The molecule has 0 fully saturated rings. The number of hydrogen-bond donors (Lipinski definition) is 4. The molecule has 1 rings (SSSR count). The van der Waals surface area contributed by atoms with Gasteiger partial charge in [0.05, 0.1) is 6.04 Å². The van der Waals surface area contributed by atoms with Gasteiger partial charge in [-0.1, -0.05) is 20.3 Å². The molecule has 0 aliphatic rings. The number of rotatable bonds is 6. The zero-order chi connectivity index (χ0) is 14.4. The van der Waals surface area contributed by atoms with E-state index < -0.39 is 12.1 Å². The molecule has 8 heteroatoms. The molecule has 3 amide bonds. The van der Waals surface area contributed by atoms with Crippen LogP contribution in [0.15, 0.2) is 6.33 Å². The number of amides is 3. The number of aromatic amines is 1. The zero-order valence-electron chi connectivity index (χ0n) is 11.3. The number of nitrogens with zero attached hydrogens (tertiary/aromatic N) is 2. The van der Waals surface area contributed by atoms with Crippen molar-refractivity contribution < 1.29 is 9.59 Å². The van der Waals surface area contributed by atoms with Crippen molar-refractivity contribution in [2.75, 3.05) is 0 Å². The quantitative estimate of drug-likeness (QED) is 0.582. The van der Waals surface area contributed by atoms with Crippen LogP contribution >= 0.6 is 0 Å². The molecule has 1 aromatic heterocycles. The van der Waals surface area contributed by atoms with E-state index in [4.69, 9.17) is 5.73 Å². The molecule has 1 heterocycles. The van der Waals surface area contributed by atoms with Gasteiger partial charge in [-0.3, -0.25) is 9.89 Å². The smallest absolute Gasteiger partial charge is 0.312 e. The molecule has 19 heavy (non-hydrogen) atoms. The first-order valence-electron chi connectivity index (χ1n) is 6.17. The minimum absolute atomic E-state index is 0.0190. The zero-order valence-corrected chi connectivity index (χ0v) is 11.3. The Morgan fingerprint density at radius 1 is 1.42 bits per heavy atom. The first-order valence-corrected chi connectivity index (χ1v) is 6.17. The van der Waals surface area contributed by atoms with Crippen molar-refractivity contribution in [3.63, 3.8) is 0 Å². The summed E-state index contributed by atoms with van der Waals surface area (Å²) in [6, 6.07) is -1.70. The SMILES string of the molecule is CCC(C)C(NC(N)=O)C(=O)NC(C)c1ncn[nH]1. The van der Waals surface area contributed by atoms with Gasteiger partial charge in [-0.25, -0.2) is 9.78 Å². The van der Waals surface area contributed by atoms with Gasteiger partial charge >= 0.3 is 6.03 Å². The maximum Gasteiger partial charge on any atom is 0.312 e. The molecule has 5 N–H and O–H groups in total. The minimum Gasteiger partial charge on any atom is -0.352 e. The average molecular weight is 268 g/mol. The summed E-state index contributed by atoms with van der Waals surface area (Å²) in [5.74, 6) is 0.238. The number of nitrogens with two attached hydrogens (primary N) is 1. The van der Waals surface area contributed by atoms with E-state index in [9.17, 15) is 9.59 Å². The van der Waals surface area contributed by atoms with Crippen molar-refractivity contribution in [2.24, 2.45) is 11.7 Å². The van der Waals surface area contributed by atoms with Gasteiger partial charge in [0.25, 0.3) is 0 Å². The van der Waals surface area contributed by atoms with Crippen molar-refractivity contribution in [3.8, 4) is 0 Å². The summed E-state index contributed by atoms with van der Waals surface area (Å²) in [5.41, 5.74) is 5.09. The number of aromatic nitrogens is 3. The van der Waals surface area contributed by atoms with Gasteiger partial charge in [0.1, 0.15) is 18.2 Å².